The van der Waals surface area contributed by atoms with Crippen LogP contribution in [-0.4, -0.2) is 24.1 Å². The van der Waals surface area contributed by atoms with Crippen LogP contribution >= 0.6 is 24.0 Å². The summed E-state index contributed by atoms with van der Waals surface area (Å²) in [5, 5.41) is 3.05. The summed E-state index contributed by atoms with van der Waals surface area (Å²) >= 11 is 0. The molecule has 0 bridgehead atoms. The predicted molar refractivity (Wildman–Crippen MR) is 118 cm³/mol. The number of aliphatic imine (C=N–C) groups is 1. The molecule has 0 atom stereocenters. The van der Waals surface area contributed by atoms with Gasteiger partial charge in [0.25, 0.3) is 0 Å². The Hall–Kier alpha value is -2.81. The number of aromatic nitrogens is 1. The van der Waals surface area contributed by atoms with E-state index in [1.807, 2.05) is 66.7 Å². The highest BCUT2D eigenvalue weighted by molar-refractivity contribution is 14.0. The van der Waals surface area contributed by atoms with E-state index < -0.39 is 0 Å². The fraction of sp³-hybridized carbons (Fsp3) is 0.100. The molecule has 0 aliphatic heterocycles. The van der Waals surface area contributed by atoms with Crippen LogP contribution in [0.2, 0.25) is 0 Å². The Morgan fingerprint density at radius 2 is 1.74 bits per heavy atom. The van der Waals surface area contributed by atoms with E-state index in [4.69, 9.17) is 15.2 Å². The molecule has 1 aromatic heterocycles. The first-order valence-electron chi connectivity index (χ1n) is 8.22. The monoisotopic (exact) mass is 476 g/mol. The summed E-state index contributed by atoms with van der Waals surface area (Å²) < 4.78 is 11.3. The molecule has 0 aliphatic rings. The largest absolute Gasteiger partial charge is 0.490 e. The Balaban J connectivity index is 0.00000261. The van der Waals surface area contributed by atoms with E-state index in [2.05, 4.69) is 15.3 Å². The smallest absolute Gasteiger partial charge is 0.193 e. The van der Waals surface area contributed by atoms with Crippen LogP contribution in [0, 0.1) is 0 Å². The summed E-state index contributed by atoms with van der Waals surface area (Å²) in [5.74, 6) is 2.52. The Labute approximate surface area is 175 Å². The molecule has 140 valence electrons. The van der Waals surface area contributed by atoms with E-state index in [9.17, 15) is 0 Å². The quantitative estimate of drug-likeness (QED) is 0.230. The normalized spacial score (nSPS) is 10.6. The molecule has 0 aliphatic carbocycles. The molecule has 3 N–H and O–H groups in total. The molecule has 7 heteroatoms. The second-order valence-electron chi connectivity index (χ2n) is 5.37. The predicted octanol–water partition coefficient (Wildman–Crippen LogP) is 4.30. The number of hydrogen-bond acceptors (Lipinski definition) is 4. The number of anilines is 1. The first kappa shape index (κ1) is 20.5. The van der Waals surface area contributed by atoms with E-state index in [1.54, 1.807) is 12.4 Å². The highest BCUT2D eigenvalue weighted by atomic mass is 127. The van der Waals surface area contributed by atoms with Gasteiger partial charge in [0.15, 0.2) is 5.96 Å². The third kappa shape index (κ3) is 7.14. The van der Waals surface area contributed by atoms with E-state index in [-0.39, 0.29) is 24.0 Å². The van der Waals surface area contributed by atoms with Crippen molar-refractivity contribution in [2.45, 2.75) is 0 Å². The number of rotatable bonds is 7. The lowest BCUT2D eigenvalue weighted by molar-refractivity contribution is 0.327. The van der Waals surface area contributed by atoms with Crippen LogP contribution in [0.15, 0.2) is 84.1 Å². The second kappa shape index (κ2) is 11.0. The number of hydrogen-bond donors (Lipinski definition) is 2. The fourth-order valence-electron chi connectivity index (χ4n) is 2.21. The molecular weight excluding hydrogens is 455 g/mol. The molecule has 0 saturated carbocycles. The van der Waals surface area contributed by atoms with Gasteiger partial charge in [-0.15, -0.1) is 24.0 Å². The molecule has 3 aromatic rings. The van der Waals surface area contributed by atoms with Gasteiger partial charge in [-0.2, -0.15) is 0 Å². The lowest BCUT2D eigenvalue weighted by Crippen LogP contribution is -2.23. The van der Waals surface area contributed by atoms with E-state index in [0.717, 1.165) is 11.4 Å². The molecule has 0 unspecified atom stereocenters. The number of nitrogens with zero attached hydrogens (tertiary/aromatic N) is 2. The SMILES string of the molecule is I.NC(=NCCOc1cccnc1)Nc1cccc(Oc2ccccc2)c1. The van der Waals surface area contributed by atoms with Gasteiger partial charge in [-0.3, -0.25) is 4.98 Å². The van der Waals surface area contributed by atoms with Crippen LogP contribution < -0.4 is 20.5 Å². The van der Waals surface area contributed by atoms with Crippen LogP contribution in [0.5, 0.6) is 17.2 Å². The molecule has 6 nitrogen and oxygen atoms in total. The van der Waals surface area contributed by atoms with Gasteiger partial charge in [-0.25, -0.2) is 4.99 Å². The Bertz CT molecular complexity index is 845. The van der Waals surface area contributed by atoms with Crippen molar-refractivity contribution >= 4 is 35.6 Å². The highest BCUT2D eigenvalue weighted by Crippen LogP contribution is 2.23. The minimum absolute atomic E-state index is 0. The maximum Gasteiger partial charge on any atom is 0.193 e. The summed E-state index contributed by atoms with van der Waals surface area (Å²) in [6.45, 7) is 0.860. The maximum atomic E-state index is 5.92. The number of nitrogens with one attached hydrogen (secondary N) is 1. The molecule has 27 heavy (non-hydrogen) atoms. The molecule has 0 spiro atoms. The number of pyridine rings is 1. The van der Waals surface area contributed by atoms with E-state index in [1.165, 1.54) is 0 Å². The van der Waals surface area contributed by atoms with E-state index in [0.29, 0.717) is 30.6 Å². The zero-order valence-electron chi connectivity index (χ0n) is 14.6. The molecule has 0 radical (unpaired) electrons. The van der Waals surface area contributed by atoms with Crippen LogP contribution in [0.4, 0.5) is 5.69 Å². The number of benzene rings is 2. The van der Waals surface area contributed by atoms with Gasteiger partial charge in [-0.1, -0.05) is 24.3 Å². The van der Waals surface area contributed by atoms with E-state index >= 15 is 0 Å². The van der Waals surface area contributed by atoms with Crippen LogP contribution in [0.1, 0.15) is 0 Å². The second-order valence-corrected chi connectivity index (χ2v) is 5.37. The zero-order chi connectivity index (χ0) is 18.0. The maximum absolute atomic E-state index is 5.92. The Morgan fingerprint density at radius 3 is 2.52 bits per heavy atom. The van der Waals surface area contributed by atoms with Gasteiger partial charge in [0.2, 0.25) is 0 Å². The lowest BCUT2D eigenvalue weighted by atomic mass is 10.3. The Kier molecular flexibility index (Phi) is 8.37. The van der Waals surface area contributed by atoms with Crippen molar-refractivity contribution in [3.8, 4) is 17.2 Å². The van der Waals surface area contributed by atoms with Crippen LogP contribution in [-0.2, 0) is 0 Å². The number of nitrogens with two attached hydrogens (primary N) is 1. The van der Waals surface area contributed by atoms with Gasteiger partial charge < -0.3 is 20.5 Å². The summed E-state index contributed by atoms with van der Waals surface area (Å²) in [7, 11) is 0. The molecule has 1 heterocycles. The van der Waals surface area contributed by atoms with Crippen molar-refractivity contribution in [3.63, 3.8) is 0 Å². The lowest BCUT2D eigenvalue weighted by Gasteiger charge is -2.09. The molecule has 2 aromatic carbocycles. The molecular formula is C20H21IN4O2. The standard InChI is InChI=1S/C20H20N4O2.HI/c21-20(23-12-13-25-19-10-5-11-22-15-19)24-16-6-4-9-18(14-16)26-17-7-2-1-3-8-17;/h1-11,14-15H,12-13H2,(H3,21,23,24);1H. The molecule has 0 saturated heterocycles. The summed E-state index contributed by atoms with van der Waals surface area (Å²) in [5.41, 5.74) is 6.72. The first-order chi connectivity index (χ1) is 12.8. The summed E-state index contributed by atoms with van der Waals surface area (Å²) in [6, 6.07) is 20.8. The number of ether oxygens (including phenoxy) is 2. The molecule has 3 rings (SSSR count). The summed E-state index contributed by atoms with van der Waals surface area (Å²) in [6.07, 6.45) is 3.35. The van der Waals surface area contributed by atoms with Gasteiger partial charge in [0, 0.05) is 18.0 Å². The molecule has 0 amide bonds. The summed E-state index contributed by atoms with van der Waals surface area (Å²) in [4.78, 5) is 8.23. The number of halogens is 1. The molecule has 0 fully saturated rings. The van der Waals surface area contributed by atoms with Crippen molar-refractivity contribution in [2.24, 2.45) is 10.7 Å². The fourth-order valence-corrected chi connectivity index (χ4v) is 2.21. The van der Waals surface area contributed by atoms with Gasteiger partial charge in [-0.05, 0) is 36.4 Å². The third-order valence-corrected chi connectivity index (χ3v) is 3.36. The van der Waals surface area contributed by atoms with Crippen molar-refractivity contribution in [1.82, 2.24) is 4.98 Å². The number of para-hydroxylation sites is 1. The van der Waals surface area contributed by atoms with Crippen molar-refractivity contribution in [2.75, 3.05) is 18.5 Å². The topological polar surface area (TPSA) is 81.8 Å². The first-order valence-corrected chi connectivity index (χ1v) is 8.22. The van der Waals surface area contributed by atoms with Gasteiger partial charge in [0.1, 0.15) is 23.9 Å². The minimum Gasteiger partial charge on any atom is -0.490 e. The van der Waals surface area contributed by atoms with Crippen molar-refractivity contribution < 1.29 is 9.47 Å². The Morgan fingerprint density at radius 1 is 0.963 bits per heavy atom. The average Bonchev–Trinajstić information content (AvgIpc) is 2.67. The van der Waals surface area contributed by atoms with Crippen LogP contribution in [0.25, 0.3) is 0 Å². The minimum atomic E-state index is 0. The average molecular weight is 476 g/mol. The van der Waals surface area contributed by atoms with Gasteiger partial charge in [0.05, 0.1) is 12.7 Å². The highest BCUT2D eigenvalue weighted by Gasteiger charge is 2.00. The van der Waals surface area contributed by atoms with Gasteiger partial charge >= 0.3 is 0 Å². The van der Waals surface area contributed by atoms with Crippen LogP contribution in [0.3, 0.4) is 0 Å². The zero-order valence-corrected chi connectivity index (χ0v) is 16.9. The van der Waals surface area contributed by atoms with Crippen molar-refractivity contribution in [1.29, 1.82) is 0 Å². The van der Waals surface area contributed by atoms with Crippen molar-refractivity contribution in [3.05, 3.63) is 79.1 Å². The third-order valence-electron chi connectivity index (χ3n) is 3.36. The number of guanidine groups is 1.